The summed E-state index contributed by atoms with van der Waals surface area (Å²) < 4.78 is 42.7. The molecule has 1 aromatic heterocycles. The van der Waals surface area contributed by atoms with Gasteiger partial charge in [0.25, 0.3) is 0 Å². The van der Waals surface area contributed by atoms with Crippen molar-refractivity contribution in [2.75, 3.05) is 13.2 Å². The smallest absolute Gasteiger partial charge is 0.387 e. The molecule has 3 rings (SSSR count). The zero-order valence-electron chi connectivity index (χ0n) is 11.7. The van der Waals surface area contributed by atoms with E-state index in [0.717, 1.165) is 34.2 Å². The Morgan fingerprint density at radius 3 is 2.86 bits per heavy atom. The molecule has 0 aliphatic carbocycles. The van der Waals surface area contributed by atoms with Crippen LogP contribution in [0, 0.1) is 3.70 Å². The average Bonchev–Trinajstić information content (AvgIpc) is 2.82. The second-order valence-electron chi connectivity index (χ2n) is 4.88. The number of hydrogen-bond donors (Lipinski definition) is 0. The molecule has 22 heavy (non-hydrogen) atoms. The minimum absolute atomic E-state index is 0.138. The minimum Gasteiger partial charge on any atom is -0.435 e. The first-order valence-electron chi connectivity index (χ1n) is 6.97. The second kappa shape index (κ2) is 7.05. The maximum Gasteiger partial charge on any atom is 0.387 e. The summed E-state index contributed by atoms with van der Waals surface area (Å²) in [4.78, 5) is 0. The van der Waals surface area contributed by atoms with Crippen LogP contribution in [-0.2, 0) is 16.0 Å². The lowest BCUT2D eigenvalue weighted by Gasteiger charge is -2.23. The van der Waals surface area contributed by atoms with Gasteiger partial charge >= 0.3 is 6.61 Å². The van der Waals surface area contributed by atoms with E-state index in [1.54, 1.807) is 12.1 Å². The van der Waals surface area contributed by atoms with Gasteiger partial charge in [-0.3, -0.25) is 4.68 Å². The molecule has 0 atom stereocenters. The third-order valence-electron chi connectivity index (χ3n) is 3.34. The molecule has 0 radical (unpaired) electrons. The van der Waals surface area contributed by atoms with Crippen molar-refractivity contribution in [2.45, 2.75) is 32.3 Å². The molecule has 2 aromatic rings. The predicted molar refractivity (Wildman–Crippen MR) is 84.0 cm³/mol. The highest BCUT2D eigenvalue weighted by atomic mass is 127. The zero-order valence-corrected chi connectivity index (χ0v) is 13.8. The number of fused-ring (bicyclic) bond motifs is 1. The van der Waals surface area contributed by atoms with Crippen LogP contribution >= 0.6 is 22.6 Å². The molecule has 120 valence electrons. The number of hydrogen-bond acceptors (Lipinski definition) is 4. The van der Waals surface area contributed by atoms with Crippen molar-refractivity contribution in [2.24, 2.45) is 0 Å². The standard InChI is InChI=1S/C14H15F2IN2O3/c15-14(16)22-9-2-3-11-10(8-9)13(17)19(18-11)5-4-12-20-6-1-7-21-12/h2-3,8,12,14H,1,4-7H2. The van der Waals surface area contributed by atoms with Gasteiger partial charge in [0.1, 0.15) is 9.45 Å². The quantitative estimate of drug-likeness (QED) is 0.691. The van der Waals surface area contributed by atoms with Crippen molar-refractivity contribution in [3.63, 3.8) is 0 Å². The van der Waals surface area contributed by atoms with Crippen LogP contribution in [0.4, 0.5) is 8.78 Å². The summed E-state index contributed by atoms with van der Waals surface area (Å²) in [6, 6.07) is 4.76. The van der Waals surface area contributed by atoms with Gasteiger partial charge in [0.2, 0.25) is 0 Å². The van der Waals surface area contributed by atoms with Gasteiger partial charge in [0, 0.05) is 18.4 Å². The van der Waals surface area contributed by atoms with Crippen molar-refractivity contribution in [1.82, 2.24) is 9.78 Å². The Bertz CT molecular complexity index is 644. The van der Waals surface area contributed by atoms with E-state index in [1.807, 2.05) is 4.68 Å². The van der Waals surface area contributed by atoms with Crippen LogP contribution in [0.1, 0.15) is 12.8 Å². The Morgan fingerprint density at radius 1 is 1.36 bits per heavy atom. The van der Waals surface area contributed by atoms with Crippen molar-refractivity contribution < 1.29 is 23.0 Å². The molecule has 1 aromatic carbocycles. The SMILES string of the molecule is FC(F)Oc1ccc2nn(CCC3OCCCO3)c(I)c2c1. The van der Waals surface area contributed by atoms with Gasteiger partial charge in [0.15, 0.2) is 6.29 Å². The van der Waals surface area contributed by atoms with Crippen molar-refractivity contribution in [3.05, 3.63) is 21.9 Å². The molecule has 5 nitrogen and oxygen atoms in total. The Hall–Kier alpha value is -1.00. The lowest BCUT2D eigenvalue weighted by molar-refractivity contribution is -0.182. The summed E-state index contributed by atoms with van der Waals surface area (Å²) in [7, 11) is 0. The molecular weight excluding hydrogens is 409 g/mol. The van der Waals surface area contributed by atoms with Crippen LogP contribution < -0.4 is 4.74 Å². The first-order chi connectivity index (χ1) is 10.6. The van der Waals surface area contributed by atoms with E-state index in [4.69, 9.17) is 9.47 Å². The minimum atomic E-state index is -2.83. The molecule has 0 bridgehead atoms. The van der Waals surface area contributed by atoms with E-state index >= 15 is 0 Å². The first kappa shape index (κ1) is 15.9. The molecule has 2 heterocycles. The van der Waals surface area contributed by atoms with Crippen LogP contribution in [0.2, 0.25) is 0 Å². The number of nitrogens with zero attached hydrogens (tertiary/aromatic N) is 2. The van der Waals surface area contributed by atoms with Crippen molar-refractivity contribution >= 4 is 33.5 Å². The summed E-state index contributed by atoms with van der Waals surface area (Å²) >= 11 is 2.15. The van der Waals surface area contributed by atoms with Gasteiger partial charge in [-0.05, 0) is 47.2 Å². The third kappa shape index (κ3) is 3.66. The fraction of sp³-hybridized carbons (Fsp3) is 0.500. The number of ether oxygens (including phenoxy) is 3. The highest BCUT2D eigenvalue weighted by Gasteiger charge is 2.16. The van der Waals surface area contributed by atoms with Crippen LogP contribution in [0.3, 0.4) is 0 Å². The maximum atomic E-state index is 12.3. The summed E-state index contributed by atoms with van der Waals surface area (Å²) in [6.45, 7) is -0.748. The van der Waals surface area contributed by atoms with E-state index in [-0.39, 0.29) is 12.0 Å². The molecule has 1 saturated heterocycles. The number of rotatable bonds is 5. The predicted octanol–water partition coefficient (Wildman–Crippen LogP) is 3.40. The summed E-state index contributed by atoms with van der Waals surface area (Å²) in [6.07, 6.45) is 1.42. The zero-order chi connectivity index (χ0) is 15.5. The monoisotopic (exact) mass is 424 g/mol. The van der Waals surface area contributed by atoms with Crippen molar-refractivity contribution in [1.29, 1.82) is 0 Å². The van der Waals surface area contributed by atoms with Crippen LogP contribution in [-0.4, -0.2) is 35.9 Å². The van der Waals surface area contributed by atoms with E-state index in [9.17, 15) is 8.78 Å². The molecule has 0 amide bonds. The number of alkyl halides is 2. The molecule has 8 heteroatoms. The van der Waals surface area contributed by atoms with Gasteiger partial charge < -0.3 is 14.2 Å². The van der Waals surface area contributed by atoms with E-state index in [2.05, 4.69) is 32.4 Å². The van der Waals surface area contributed by atoms with Crippen molar-refractivity contribution in [3.8, 4) is 5.75 Å². The van der Waals surface area contributed by atoms with E-state index < -0.39 is 6.61 Å². The van der Waals surface area contributed by atoms with Crippen LogP contribution in [0.25, 0.3) is 10.9 Å². The summed E-state index contributed by atoms with van der Waals surface area (Å²) in [5.74, 6) is 0.138. The second-order valence-corrected chi connectivity index (χ2v) is 5.91. The summed E-state index contributed by atoms with van der Waals surface area (Å²) in [5, 5.41) is 5.27. The third-order valence-corrected chi connectivity index (χ3v) is 4.48. The van der Waals surface area contributed by atoms with Crippen LogP contribution in [0.15, 0.2) is 18.2 Å². The average molecular weight is 424 g/mol. The highest BCUT2D eigenvalue weighted by Crippen LogP contribution is 2.26. The number of aryl methyl sites for hydroxylation is 1. The highest BCUT2D eigenvalue weighted by molar-refractivity contribution is 14.1. The van der Waals surface area contributed by atoms with Gasteiger partial charge in [-0.25, -0.2) is 0 Å². The Morgan fingerprint density at radius 2 is 2.14 bits per heavy atom. The first-order valence-corrected chi connectivity index (χ1v) is 8.05. The largest absolute Gasteiger partial charge is 0.435 e. The Labute approximate surface area is 139 Å². The number of aromatic nitrogens is 2. The summed E-state index contributed by atoms with van der Waals surface area (Å²) in [5.41, 5.74) is 0.747. The molecule has 1 aliphatic rings. The van der Waals surface area contributed by atoms with Gasteiger partial charge in [-0.2, -0.15) is 13.9 Å². The Balaban J connectivity index is 1.74. The van der Waals surface area contributed by atoms with Gasteiger partial charge in [0.05, 0.1) is 18.7 Å². The molecular formula is C14H15F2IN2O3. The normalized spacial score (nSPS) is 16.5. The lowest BCUT2D eigenvalue weighted by Crippen LogP contribution is -2.26. The van der Waals surface area contributed by atoms with E-state index in [0.29, 0.717) is 13.0 Å². The Kier molecular flexibility index (Phi) is 5.09. The number of halogens is 3. The fourth-order valence-corrected chi connectivity index (χ4v) is 3.12. The van der Waals surface area contributed by atoms with E-state index in [1.165, 1.54) is 6.07 Å². The number of benzene rings is 1. The molecule has 1 aliphatic heterocycles. The molecule has 1 fully saturated rings. The molecule has 0 spiro atoms. The fourth-order valence-electron chi connectivity index (χ4n) is 2.34. The maximum absolute atomic E-state index is 12.3. The lowest BCUT2D eigenvalue weighted by atomic mass is 10.2. The van der Waals surface area contributed by atoms with Gasteiger partial charge in [-0.1, -0.05) is 0 Å². The molecule has 0 saturated carbocycles. The molecule has 0 unspecified atom stereocenters. The topological polar surface area (TPSA) is 45.5 Å². The van der Waals surface area contributed by atoms with Gasteiger partial charge in [-0.15, -0.1) is 0 Å². The molecule has 0 N–H and O–H groups in total. The van der Waals surface area contributed by atoms with Crippen LogP contribution in [0.5, 0.6) is 5.75 Å².